The van der Waals surface area contributed by atoms with E-state index in [1.807, 2.05) is 6.07 Å². The fraction of sp³-hybridized carbons (Fsp3) is 0.500. The summed E-state index contributed by atoms with van der Waals surface area (Å²) in [6.45, 7) is 2.27. The molecule has 0 aliphatic heterocycles. The van der Waals surface area contributed by atoms with Gasteiger partial charge in [-0.15, -0.1) is 0 Å². The maximum atomic E-state index is 11.9. The van der Waals surface area contributed by atoms with Crippen molar-refractivity contribution in [1.82, 2.24) is 4.90 Å². The molecule has 0 fully saturated rings. The number of benzene rings is 1. The molecule has 1 rings (SSSR count). The van der Waals surface area contributed by atoms with Gasteiger partial charge in [0.05, 0.1) is 6.10 Å². The van der Waals surface area contributed by atoms with Crippen molar-refractivity contribution in [2.45, 2.75) is 32.3 Å². The van der Waals surface area contributed by atoms with Crippen molar-refractivity contribution >= 4 is 29.1 Å². The minimum atomic E-state index is -0.388. The molecule has 1 atom stereocenters. The monoisotopic (exact) mass is 303 g/mol. The highest BCUT2D eigenvalue weighted by molar-refractivity contribution is 6.35. The molecule has 0 bridgehead atoms. The van der Waals surface area contributed by atoms with E-state index in [4.69, 9.17) is 23.2 Å². The quantitative estimate of drug-likeness (QED) is 0.877. The van der Waals surface area contributed by atoms with E-state index in [-0.39, 0.29) is 12.0 Å². The minimum Gasteiger partial charge on any atom is -0.393 e. The second-order valence-corrected chi connectivity index (χ2v) is 5.53. The van der Waals surface area contributed by atoms with Gasteiger partial charge in [-0.05, 0) is 37.5 Å². The Bertz CT molecular complexity index is 435. The summed E-state index contributed by atoms with van der Waals surface area (Å²) in [6, 6.07) is 5.29. The zero-order valence-electron chi connectivity index (χ0n) is 11.2. The minimum absolute atomic E-state index is 0.0478. The van der Waals surface area contributed by atoms with Crippen LogP contribution < -0.4 is 0 Å². The van der Waals surface area contributed by atoms with Crippen LogP contribution in [0.5, 0.6) is 0 Å². The molecule has 0 aliphatic carbocycles. The topological polar surface area (TPSA) is 40.5 Å². The van der Waals surface area contributed by atoms with Crippen molar-refractivity contribution in [3.05, 3.63) is 33.8 Å². The van der Waals surface area contributed by atoms with E-state index in [0.29, 0.717) is 35.9 Å². The lowest BCUT2D eigenvalue weighted by Crippen LogP contribution is -2.29. The lowest BCUT2D eigenvalue weighted by atomic mass is 10.1. The molecule has 5 heteroatoms. The van der Waals surface area contributed by atoms with Crippen LogP contribution in [-0.2, 0) is 11.2 Å². The van der Waals surface area contributed by atoms with E-state index in [1.165, 1.54) is 0 Å². The van der Waals surface area contributed by atoms with Crippen molar-refractivity contribution in [2.75, 3.05) is 13.6 Å². The Kier molecular flexibility index (Phi) is 6.63. The van der Waals surface area contributed by atoms with E-state index in [9.17, 15) is 9.90 Å². The molecule has 0 saturated heterocycles. The number of carbonyl (C=O) groups is 1. The molecule has 1 unspecified atom stereocenters. The van der Waals surface area contributed by atoms with Crippen LogP contribution in [0.15, 0.2) is 18.2 Å². The Balaban J connectivity index is 2.45. The predicted octanol–water partition coefficient (Wildman–Crippen LogP) is 3.16. The van der Waals surface area contributed by atoms with Crippen LogP contribution in [0.2, 0.25) is 10.0 Å². The number of nitrogens with zero attached hydrogens (tertiary/aromatic N) is 1. The van der Waals surface area contributed by atoms with Gasteiger partial charge in [-0.1, -0.05) is 29.3 Å². The van der Waals surface area contributed by atoms with Crippen molar-refractivity contribution < 1.29 is 9.90 Å². The number of rotatable bonds is 6. The van der Waals surface area contributed by atoms with Crippen molar-refractivity contribution in [1.29, 1.82) is 0 Å². The molecule has 0 aliphatic rings. The summed E-state index contributed by atoms with van der Waals surface area (Å²) >= 11 is 11.9. The summed E-state index contributed by atoms with van der Waals surface area (Å²) in [6.07, 6.45) is 1.19. The van der Waals surface area contributed by atoms with Crippen molar-refractivity contribution in [3.8, 4) is 0 Å². The molecule has 0 heterocycles. The number of halogens is 2. The van der Waals surface area contributed by atoms with Crippen molar-refractivity contribution in [3.63, 3.8) is 0 Å². The van der Waals surface area contributed by atoms with Crippen LogP contribution in [0.1, 0.15) is 25.3 Å². The summed E-state index contributed by atoms with van der Waals surface area (Å²) in [5, 5.41) is 10.4. The smallest absolute Gasteiger partial charge is 0.222 e. The number of aliphatic hydroxyl groups is 1. The molecule has 1 aromatic carbocycles. The van der Waals surface area contributed by atoms with Crippen LogP contribution in [0, 0.1) is 0 Å². The van der Waals surface area contributed by atoms with Gasteiger partial charge in [-0.2, -0.15) is 0 Å². The lowest BCUT2D eigenvalue weighted by Gasteiger charge is -2.18. The third-order valence-electron chi connectivity index (χ3n) is 2.93. The van der Waals surface area contributed by atoms with Gasteiger partial charge in [-0.25, -0.2) is 0 Å². The van der Waals surface area contributed by atoms with Gasteiger partial charge in [0.25, 0.3) is 0 Å². The second-order valence-electron chi connectivity index (χ2n) is 4.69. The number of hydrogen-bond acceptors (Lipinski definition) is 2. The second kappa shape index (κ2) is 7.73. The molecule has 106 valence electrons. The molecule has 1 N–H and O–H groups in total. The highest BCUT2D eigenvalue weighted by atomic mass is 35.5. The van der Waals surface area contributed by atoms with Gasteiger partial charge < -0.3 is 10.0 Å². The largest absolute Gasteiger partial charge is 0.393 e. The molecule has 3 nitrogen and oxygen atoms in total. The zero-order valence-corrected chi connectivity index (χ0v) is 12.7. The molecular formula is C14H19Cl2NO2. The maximum absolute atomic E-state index is 11.9. The maximum Gasteiger partial charge on any atom is 0.222 e. The molecule has 1 aromatic rings. The number of amides is 1. The van der Waals surface area contributed by atoms with Crippen LogP contribution in [-0.4, -0.2) is 35.6 Å². The van der Waals surface area contributed by atoms with E-state index >= 15 is 0 Å². The number of hydrogen-bond donors (Lipinski definition) is 1. The Labute approximate surface area is 124 Å². The molecule has 19 heavy (non-hydrogen) atoms. The average molecular weight is 304 g/mol. The molecule has 0 spiro atoms. The van der Waals surface area contributed by atoms with Gasteiger partial charge >= 0.3 is 0 Å². The van der Waals surface area contributed by atoms with E-state index < -0.39 is 0 Å². The lowest BCUT2D eigenvalue weighted by molar-refractivity contribution is -0.130. The van der Waals surface area contributed by atoms with Crippen molar-refractivity contribution in [2.24, 2.45) is 0 Å². The van der Waals surface area contributed by atoms with Gasteiger partial charge in [0.15, 0.2) is 0 Å². The fourth-order valence-electron chi connectivity index (χ4n) is 1.66. The first kappa shape index (κ1) is 16.3. The van der Waals surface area contributed by atoms with E-state index in [0.717, 1.165) is 5.56 Å². The Morgan fingerprint density at radius 2 is 2.11 bits per heavy atom. The predicted molar refractivity (Wildman–Crippen MR) is 78.7 cm³/mol. The summed E-state index contributed by atoms with van der Waals surface area (Å²) in [5.74, 6) is 0.0478. The first-order valence-electron chi connectivity index (χ1n) is 6.26. The molecule has 0 saturated carbocycles. The molecule has 0 radical (unpaired) electrons. The van der Waals surface area contributed by atoms with Crippen LogP contribution in [0.4, 0.5) is 0 Å². The standard InChI is InChI=1S/C14H19Cl2NO2/c1-10(18)7-8-17(2)14(19)6-4-11-3-5-12(15)9-13(11)16/h3,5,9-10,18H,4,6-8H2,1-2H3. The number of aryl methyl sites for hydroxylation is 1. The summed E-state index contributed by atoms with van der Waals surface area (Å²) in [4.78, 5) is 13.5. The first-order chi connectivity index (χ1) is 8.90. The molecule has 0 aromatic heterocycles. The van der Waals surface area contributed by atoms with E-state index in [1.54, 1.807) is 31.0 Å². The van der Waals surface area contributed by atoms with Gasteiger partial charge in [0.2, 0.25) is 5.91 Å². The van der Waals surface area contributed by atoms with Crippen LogP contribution in [0.25, 0.3) is 0 Å². The Morgan fingerprint density at radius 3 is 2.68 bits per heavy atom. The molecular weight excluding hydrogens is 285 g/mol. The summed E-state index contributed by atoms with van der Waals surface area (Å²) < 4.78 is 0. The fourth-order valence-corrected chi connectivity index (χ4v) is 2.17. The summed E-state index contributed by atoms with van der Waals surface area (Å²) in [5.41, 5.74) is 0.920. The Hall–Kier alpha value is -0.770. The highest BCUT2D eigenvalue weighted by Crippen LogP contribution is 2.22. The van der Waals surface area contributed by atoms with Crippen LogP contribution >= 0.6 is 23.2 Å². The summed E-state index contributed by atoms with van der Waals surface area (Å²) in [7, 11) is 1.74. The first-order valence-corrected chi connectivity index (χ1v) is 7.01. The normalized spacial score (nSPS) is 12.3. The Morgan fingerprint density at radius 1 is 1.42 bits per heavy atom. The van der Waals surface area contributed by atoms with Gasteiger partial charge in [0.1, 0.15) is 0 Å². The van der Waals surface area contributed by atoms with Gasteiger partial charge in [-0.3, -0.25) is 4.79 Å². The van der Waals surface area contributed by atoms with Crippen LogP contribution in [0.3, 0.4) is 0 Å². The third kappa shape index (κ3) is 5.81. The third-order valence-corrected chi connectivity index (χ3v) is 3.52. The van der Waals surface area contributed by atoms with Gasteiger partial charge in [0, 0.05) is 30.1 Å². The SMILES string of the molecule is CC(O)CCN(C)C(=O)CCc1ccc(Cl)cc1Cl. The number of aliphatic hydroxyl groups excluding tert-OH is 1. The highest BCUT2D eigenvalue weighted by Gasteiger charge is 2.11. The van der Waals surface area contributed by atoms with E-state index in [2.05, 4.69) is 0 Å². The average Bonchev–Trinajstić information content (AvgIpc) is 2.34. The zero-order chi connectivity index (χ0) is 14.4. The molecule has 1 amide bonds. The number of carbonyl (C=O) groups excluding carboxylic acids is 1.